The van der Waals surface area contributed by atoms with Gasteiger partial charge in [-0.1, -0.05) is 0 Å². The summed E-state index contributed by atoms with van der Waals surface area (Å²) in [6.45, 7) is 25.7. The van der Waals surface area contributed by atoms with E-state index in [9.17, 15) is 4.79 Å². The molecule has 1 rings (SSSR count). The first kappa shape index (κ1) is 26.2. The van der Waals surface area contributed by atoms with E-state index in [1.807, 2.05) is 0 Å². The van der Waals surface area contributed by atoms with Gasteiger partial charge in [0.25, 0.3) is 0 Å². The number of carbonyl (C=O) groups is 1. The van der Waals surface area contributed by atoms with Crippen molar-refractivity contribution in [3.05, 3.63) is 0 Å². The second-order valence-electron chi connectivity index (χ2n) is 11.4. The lowest BCUT2D eigenvalue weighted by atomic mass is 10.0. The fourth-order valence-electron chi connectivity index (χ4n) is 2.85. The van der Waals surface area contributed by atoms with E-state index < -0.39 is 51.6 Å². The lowest BCUT2D eigenvalue weighted by Crippen LogP contribution is -2.64. The summed E-state index contributed by atoms with van der Waals surface area (Å²) < 4.78 is 31.2. The van der Waals surface area contributed by atoms with Crippen molar-refractivity contribution in [3.63, 3.8) is 0 Å². The van der Waals surface area contributed by atoms with Crippen molar-refractivity contribution in [2.24, 2.45) is 0 Å². The number of cyclic esters (lactones) is 1. The van der Waals surface area contributed by atoms with Crippen molar-refractivity contribution < 1.29 is 27.2 Å². The Bertz CT molecular complexity index is 530. The van der Waals surface area contributed by atoms with Crippen molar-refractivity contribution in [2.75, 3.05) is 6.61 Å². The van der Waals surface area contributed by atoms with Gasteiger partial charge in [0, 0.05) is 0 Å². The minimum atomic E-state index is -2.00. The highest BCUT2D eigenvalue weighted by Gasteiger charge is 2.52. The molecule has 1 unspecified atom stereocenters. The predicted molar refractivity (Wildman–Crippen MR) is 124 cm³/mol. The SMILES string of the molecule is C[Si](C)(C)OCC1OC(=O)[C@H](O[Si](C)(C)C)[C@@H](O[Si](C)(C)C)[C@@H]1O[Si](C)(C)C. The topological polar surface area (TPSA) is 63.2 Å². The van der Waals surface area contributed by atoms with Crippen LogP contribution >= 0.6 is 0 Å². The maximum Gasteiger partial charge on any atom is 0.337 e. The van der Waals surface area contributed by atoms with Crippen LogP contribution in [-0.4, -0.2) is 70.3 Å². The number of hydrogen-bond donors (Lipinski definition) is 0. The van der Waals surface area contributed by atoms with Crippen molar-refractivity contribution in [2.45, 2.75) is 103 Å². The van der Waals surface area contributed by atoms with Crippen LogP contribution in [0.4, 0.5) is 0 Å². The van der Waals surface area contributed by atoms with Gasteiger partial charge in [-0.2, -0.15) is 0 Å². The largest absolute Gasteiger partial charge is 0.455 e. The molecule has 0 amide bonds. The Hall–Kier alpha value is 0.178. The van der Waals surface area contributed by atoms with Gasteiger partial charge in [0.2, 0.25) is 0 Å². The van der Waals surface area contributed by atoms with Gasteiger partial charge in [-0.05, 0) is 78.6 Å². The predicted octanol–water partition coefficient (Wildman–Crippen LogP) is 4.42. The van der Waals surface area contributed by atoms with Crippen LogP contribution in [0.5, 0.6) is 0 Å². The van der Waals surface area contributed by atoms with Crippen LogP contribution in [0.1, 0.15) is 0 Å². The molecule has 6 nitrogen and oxygen atoms in total. The van der Waals surface area contributed by atoms with Crippen LogP contribution in [0, 0.1) is 0 Å². The highest BCUT2D eigenvalue weighted by atomic mass is 28.4. The molecule has 28 heavy (non-hydrogen) atoms. The zero-order valence-corrected chi connectivity index (χ0v) is 24.0. The summed E-state index contributed by atoms with van der Waals surface area (Å²) in [5.74, 6) is -0.356. The summed E-state index contributed by atoms with van der Waals surface area (Å²) >= 11 is 0. The third-order valence-electron chi connectivity index (χ3n) is 3.63. The third kappa shape index (κ3) is 9.79. The van der Waals surface area contributed by atoms with Gasteiger partial charge < -0.3 is 22.4 Å². The highest BCUT2D eigenvalue weighted by Crippen LogP contribution is 2.31. The minimum Gasteiger partial charge on any atom is -0.455 e. The van der Waals surface area contributed by atoms with E-state index in [2.05, 4.69) is 78.6 Å². The molecule has 4 atom stereocenters. The molecule has 0 aromatic heterocycles. The fourth-order valence-corrected chi connectivity index (χ4v) is 6.68. The molecule has 0 aromatic carbocycles. The van der Waals surface area contributed by atoms with Gasteiger partial charge in [-0.3, -0.25) is 0 Å². The number of esters is 1. The van der Waals surface area contributed by atoms with E-state index in [0.29, 0.717) is 6.61 Å². The van der Waals surface area contributed by atoms with Crippen molar-refractivity contribution in [1.29, 1.82) is 0 Å². The lowest BCUT2D eigenvalue weighted by molar-refractivity contribution is -0.198. The number of carbonyl (C=O) groups excluding carboxylic acids is 1. The van der Waals surface area contributed by atoms with Crippen LogP contribution in [0.25, 0.3) is 0 Å². The van der Waals surface area contributed by atoms with Gasteiger partial charge in [-0.25, -0.2) is 4.79 Å². The maximum atomic E-state index is 12.9. The van der Waals surface area contributed by atoms with Crippen LogP contribution in [0.15, 0.2) is 0 Å². The van der Waals surface area contributed by atoms with Gasteiger partial charge in [-0.15, -0.1) is 0 Å². The van der Waals surface area contributed by atoms with E-state index in [1.165, 1.54) is 0 Å². The first-order valence-electron chi connectivity index (χ1n) is 10.2. The molecule has 0 radical (unpaired) electrons. The molecule has 10 heteroatoms. The summed E-state index contributed by atoms with van der Waals surface area (Å²) in [5.41, 5.74) is 0. The summed E-state index contributed by atoms with van der Waals surface area (Å²) in [6, 6.07) is 0. The maximum absolute atomic E-state index is 12.9. The van der Waals surface area contributed by atoms with E-state index in [4.69, 9.17) is 22.4 Å². The van der Waals surface area contributed by atoms with E-state index in [-0.39, 0.29) is 12.1 Å². The number of hydrogen-bond acceptors (Lipinski definition) is 6. The first-order chi connectivity index (χ1) is 12.3. The standard InChI is InChI=1S/C18H42O6Si4/c1-25(2,3)20-13-14-15(22-26(4,5)6)16(23-27(7,8)9)17(18(19)21-14)24-28(10,11)12/h14-17H,13H2,1-12H3/t14?,15-,16+,17-/m1/s1. The van der Waals surface area contributed by atoms with E-state index in [0.717, 1.165) is 0 Å². The van der Waals surface area contributed by atoms with Crippen molar-refractivity contribution in [1.82, 2.24) is 0 Å². The highest BCUT2D eigenvalue weighted by molar-refractivity contribution is 6.71. The molecule has 1 saturated heterocycles. The Morgan fingerprint density at radius 3 is 1.50 bits per heavy atom. The Morgan fingerprint density at radius 2 is 1.11 bits per heavy atom. The Labute approximate surface area is 176 Å². The van der Waals surface area contributed by atoms with Crippen LogP contribution in [-0.2, 0) is 27.2 Å². The normalized spacial score (nSPS) is 27.6. The lowest BCUT2D eigenvalue weighted by Gasteiger charge is -2.47. The van der Waals surface area contributed by atoms with Crippen molar-refractivity contribution in [3.8, 4) is 0 Å². The van der Waals surface area contributed by atoms with E-state index >= 15 is 0 Å². The molecule has 1 aliphatic heterocycles. The van der Waals surface area contributed by atoms with Gasteiger partial charge in [0.15, 0.2) is 45.5 Å². The molecular formula is C18H42O6Si4. The van der Waals surface area contributed by atoms with E-state index in [1.54, 1.807) is 0 Å². The fraction of sp³-hybridized carbons (Fsp3) is 0.944. The minimum absolute atomic E-state index is 0.335. The monoisotopic (exact) mass is 466 g/mol. The third-order valence-corrected chi connectivity index (χ3v) is 7.58. The molecule has 0 bridgehead atoms. The first-order valence-corrected chi connectivity index (χ1v) is 23.8. The Kier molecular flexibility index (Phi) is 8.54. The molecule has 1 heterocycles. The molecule has 0 spiro atoms. The van der Waals surface area contributed by atoms with Crippen molar-refractivity contribution >= 4 is 39.2 Å². The smallest absolute Gasteiger partial charge is 0.337 e. The summed E-state index contributed by atoms with van der Waals surface area (Å²) in [6.07, 6.45) is -2.08. The molecule has 1 fully saturated rings. The summed E-state index contributed by atoms with van der Waals surface area (Å²) in [5, 5.41) is 0. The van der Waals surface area contributed by atoms with Crippen LogP contribution in [0.2, 0.25) is 78.6 Å². The summed E-state index contributed by atoms with van der Waals surface area (Å²) in [7, 11) is -7.66. The second-order valence-corrected chi connectivity index (χ2v) is 29.3. The molecule has 0 saturated carbocycles. The molecule has 1 aliphatic rings. The van der Waals surface area contributed by atoms with Gasteiger partial charge in [0.05, 0.1) is 6.61 Å². The molecule has 0 aromatic rings. The molecular weight excluding hydrogens is 425 g/mol. The quantitative estimate of drug-likeness (QED) is 0.370. The second kappa shape index (κ2) is 9.12. The molecule has 0 aliphatic carbocycles. The molecule has 166 valence electrons. The molecule has 0 N–H and O–H groups in total. The number of rotatable bonds is 9. The Morgan fingerprint density at radius 1 is 0.679 bits per heavy atom. The van der Waals surface area contributed by atoms with Crippen LogP contribution in [0.3, 0.4) is 0 Å². The average Bonchev–Trinajstić information content (AvgIpc) is 2.39. The zero-order chi connectivity index (χ0) is 22.1. The number of ether oxygens (including phenoxy) is 1. The average molecular weight is 467 g/mol. The van der Waals surface area contributed by atoms with Gasteiger partial charge >= 0.3 is 5.97 Å². The summed E-state index contributed by atoms with van der Waals surface area (Å²) in [4.78, 5) is 12.9. The Balaban J connectivity index is 3.28. The van der Waals surface area contributed by atoms with Gasteiger partial charge in [0.1, 0.15) is 12.2 Å². The van der Waals surface area contributed by atoms with Crippen LogP contribution < -0.4 is 0 Å². The zero-order valence-electron chi connectivity index (χ0n) is 20.0.